The number of halogens is 1. The summed E-state index contributed by atoms with van der Waals surface area (Å²) < 4.78 is 11.5. The van der Waals surface area contributed by atoms with E-state index in [0.717, 1.165) is 21.3 Å². The van der Waals surface area contributed by atoms with Crippen LogP contribution in [0.15, 0.2) is 40.9 Å². The van der Waals surface area contributed by atoms with Crippen LogP contribution in [0.2, 0.25) is 0 Å². The van der Waals surface area contributed by atoms with Crippen LogP contribution in [0.3, 0.4) is 0 Å². The van der Waals surface area contributed by atoms with Crippen molar-refractivity contribution in [2.45, 2.75) is 13.5 Å². The van der Waals surface area contributed by atoms with Gasteiger partial charge in [-0.2, -0.15) is 0 Å². The van der Waals surface area contributed by atoms with E-state index in [1.54, 1.807) is 14.2 Å². The lowest BCUT2D eigenvalue weighted by atomic mass is 10.2. The number of carbonyl (C=O) groups excluding carboxylic acids is 1. The molecule has 2 rings (SSSR count). The molecule has 0 aromatic heterocycles. The summed E-state index contributed by atoms with van der Waals surface area (Å²) in [7, 11) is 3.18. The second kappa shape index (κ2) is 8.59. The van der Waals surface area contributed by atoms with Crippen molar-refractivity contribution in [1.82, 2.24) is 5.32 Å². The summed E-state index contributed by atoms with van der Waals surface area (Å²) in [6.07, 6.45) is 0. The molecule has 1 amide bonds. The number of carbonyl (C=O) groups is 1. The average molecular weight is 393 g/mol. The maximum atomic E-state index is 12.0. The first-order chi connectivity index (χ1) is 11.5. The van der Waals surface area contributed by atoms with E-state index in [1.807, 2.05) is 43.3 Å². The van der Waals surface area contributed by atoms with Gasteiger partial charge in [-0.15, -0.1) is 0 Å². The maximum absolute atomic E-state index is 12.0. The highest BCUT2D eigenvalue weighted by molar-refractivity contribution is 9.10. The number of amides is 1. The highest BCUT2D eigenvalue weighted by Crippen LogP contribution is 2.27. The van der Waals surface area contributed by atoms with Crippen molar-refractivity contribution in [3.8, 4) is 11.5 Å². The van der Waals surface area contributed by atoms with E-state index >= 15 is 0 Å². The zero-order valence-corrected chi connectivity index (χ0v) is 15.6. The van der Waals surface area contributed by atoms with Gasteiger partial charge in [0.15, 0.2) is 11.5 Å². The summed E-state index contributed by atoms with van der Waals surface area (Å²) in [6.45, 7) is 2.65. The molecule has 0 aliphatic carbocycles. The Bertz CT molecular complexity index is 719. The van der Waals surface area contributed by atoms with E-state index in [2.05, 4.69) is 26.6 Å². The number of hydrogen-bond donors (Lipinski definition) is 2. The van der Waals surface area contributed by atoms with Crippen LogP contribution in [0, 0.1) is 6.92 Å². The van der Waals surface area contributed by atoms with Crippen molar-refractivity contribution in [2.75, 3.05) is 26.1 Å². The summed E-state index contributed by atoms with van der Waals surface area (Å²) in [5.74, 6) is 1.23. The number of nitrogens with one attached hydrogen (secondary N) is 2. The molecule has 2 aromatic carbocycles. The monoisotopic (exact) mass is 392 g/mol. The zero-order chi connectivity index (χ0) is 17.5. The molecule has 0 radical (unpaired) electrons. The number of methoxy groups -OCH3 is 2. The number of anilines is 1. The van der Waals surface area contributed by atoms with E-state index < -0.39 is 0 Å². The molecule has 0 saturated carbocycles. The largest absolute Gasteiger partial charge is 0.493 e. The fourth-order valence-electron chi connectivity index (χ4n) is 2.19. The number of rotatable bonds is 7. The van der Waals surface area contributed by atoms with Crippen molar-refractivity contribution in [1.29, 1.82) is 0 Å². The molecule has 0 spiro atoms. The Morgan fingerprint density at radius 3 is 2.50 bits per heavy atom. The van der Waals surface area contributed by atoms with Gasteiger partial charge in [0.25, 0.3) is 0 Å². The standard InChI is InChI=1S/C18H21BrN2O3/c1-12-8-14(5-6-15(12)19)20-11-18(22)21-10-13-4-7-16(23-2)17(9-13)24-3/h4-9,20H,10-11H2,1-3H3,(H,21,22). The number of benzene rings is 2. The van der Waals surface area contributed by atoms with E-state index in [1.165, 1.54) is 0 Å². The molecule has 0 saturated heterocycles. The fraction of sp³-hybridized carbons (Fsp3) is 0.278. The summed E-state index contributed by atoms with van der Waals surface area (Å²) in [5.41, 5.74) is 2.98. The van der Waals surface area contributed by atoms with E-state index in [4.69, 9.17) is 9.47 Å². The highest BCUT2D eigenvalue weighted by Gasteiger charge is 2.06. The van der Waals surface area contributed by atoms with Gasteiger partial charge >= 0.3 is 0 Å². The van der Waals surface area contributed by atoms with Crippen molar-refractivity contribution < 1.29 is 14.3 Å². The minimum atomic E-state index is -0.0784. The third-order valence-corrected chi connectivity index (χ3v) is 4.44. The van der Waals surface area contributed by atoms with E-state index in [0.29, 0.717) is 18.0 Å². The molecule has 24 heavy (non-hydrogen) atoms. The predicted octanol–water partition coefficient (Wildman–Crippen LogP) is 3.50. The second-order valence-electron chi connectivity index (χ2n) is 5.28. The summed E-state index contributed by atoms with van der Waals surface area (Å²) in [6, 6.07) is 11.4. The lowest BCUT2D eigenvalue weighted by Crippen LogP contribution is -2.29. The highest BCUT2D eigenvalue weighted by atomic mass is 79.9. The van der Waals surface area contributed by atoms with Crippen LogP contribution in [-0.4, -0.2) is 26.7 Å². The Balaban J connectivity index is 1.85. The first-order valence-corrected chi connectivity index (χ1v) is 8.30. The third-order valence-electron chi connectivity index (χ3n) is 3.55. The summed E-state index contributed by atoms with van der Waals surface area (Å²) in [4.78, 5) is 12.0. The van der Waals surface area contributed by atoms with Gasteiger partial charge in [-0.3, -0.25) is 4.79 Å². The molecule has 2 N–H and O–H groups in total. The Hall–Kier alpha value is -2.21. The fourth-order valence-corrected chi connectivity index (χ4v) is 2.44. The Morgan fingerprint density at radius 2 is 1.83 bits per heavy atom. The number of aryl methyl sites for hydroxylation is 1. The van der Waals surface area contributed by atoms with Gasteiger partial charge in [0.1, 0.15) is 0 Å². The van der Waals surface area contributed by atoms with Crippen LogP contribution in [0.1, 0.15) is 11.1 Å². The quantitative estimate of drug-likeness (QED) is 0.756. The number of hydrogen-bond acceptors (Lipinski definition) is 4. The Kier molecular flexibility index (Phi) is 6.49. The van der Waals surface area contributed by atoms with Crippen molar-refractivity contribution in [3.63, 3.8) is 0 Å². The van der Waals surface area contributed by atoms with Crippen LogP contribution < -0.4 is 20.1 Å². The summed E-state index contributed by atoms with van der Waals surface area (Å²) >= 11 is 3.46. The zero-order valence-electron chi connectivity index (χ0n) is 14.0. The van der Waals surface area contributed by atoms with Crippen LogP contribution in [0.25, 0.3) is 0 Å². The van der Waals surface area contributed by atoms with Gasteiger partial charge in [0.2, 0.25) is 5.91 Å². The normalized spacial score (nSPS) is 10.2. The van der Waals surface area contributed by atoms with E-state index in [9.17, 15) is 4.79 Å². The minimum Gasteiger partial charge on any atom is -0.493 e. The average Bonchev–Trinajstić information content (AvgIpc) is 2.60. The molecule has 6 heteroatoms. The van der Waals surface area contributed by atoms with Crippen molar-refractivity contribution in [3.05, 3.63) is 52.0 Å². The van der Waals surface area contributed by atoms with Gasteiger partial charge in [0.05, 0.1) is 20.8 Å². The molecule has 0 atom stereocenters. The minimum absolute atomic E-state index is 0.0784. The molecule has 0 bridgehead atoms. The molecular weight excluding hydrogens is 372 g/mol. The van der Waals surface area contributed by atoms with Crippen LogP contribution in [0.4, 0.5) is 5.69 Å². The maximum Gasteiger partial charge on any atom is 0.239 e. The third kappa shape index (κ3) is 4.89. The first-order valence-electron chi connectivity index (χ1n) is 7.51. The van der Waals surface area contributed by atoms with Gasteiger partial charge in [-0.1, -0.05) is 22.0 Å². The Morgan fingerprint density at radius 1 is 1.08 bits per heavy atom. The SMILES string of the molecule is COc1ccc(CNC(=O)CNc2ccc(Br)c(C)c2)cc1OC. The van der Waals surface area contributed by atoms with Crippen molar-refractivity contribution in [2.24, 2.45) is 0 Å². The van der Waals surface area contributed by atoms with Gasteiger partial charge in [-0.25, -0.2) is 0 Å². The topological polar surface area (TPSA) is 59.6 Å². The molecule has 5 nitrogen and oxygen atoms in total. The molecule has 0 fully saturated rings. The summed E-state index contributed by atoms with van der Waals surface area (Å²) in [5, 5.41) is 5.99. The van der Waals surface area contributed by atoms with Crippen LogP contribution >= 0.6 is 15.9 Å². The van der Waals surface area contributed by atoms with Gasteiger partial charge < -0.3 is 20.1 Å². The molecule has 0 aliphatic heterocycles. The lowest BCUT2D eigenvalue weighted by Gasteiger charge is -2.11. The van der Waals surface area contributed by atoms with Crippen molar-refractivity contribution >= 4 is 27.5 Å². The smallest absolute Gasteiger partial charge is 0.239 e. The molecule has 0 unspecified atom stereocenters. The molecular formula is C18H21BrN2O3. The molecule has 0 heterocycles. The predicted molar refractivity (Wildman–Crippen MR) is 98.8 cm³/mol. The molecule has 128 valence electrons. The van der Waals surface area contributed by atoms with Crippen LogP contribution in [0.5, 0.6) is 11.5 Å². The molecule has 0 aliphatic rings. The first kappa shape index (κ1) is 18.1. The molecule has 2 aromatic rings. The Labute approximate surface area is 150 Å². The second-order valence-corrected chi connectivity index (χ2v) is 6.14. The van der Waals surface area contributed by atoms with Crippen LogP contribution in [-0.2, 0) is 11.3 Å². The van der Waals surface area contributed by atoms with Gasteiger partial charge in [0, 0.05) is 16.7 Å². The number of ether oxygens (including phenoxy) is 2. The van der Waals surface area contributed by atoms with Gasteiger partial charge in [-0.05, 0) is 48.4 Å². The van der Waals surface area contributed by atoms with E-state index in [-0.39, 0.29) is 12.5 Å². The lowest BCUT2D eigenvalue weighted by molar-refractivity contribution is -0.119.